The quantitative estimate of drug-likeness (QED) is 0.149. The highest BCUT2D eigenvalue weighted by Gasteiger charge is 2.49. The zero-order chi connectivity index (χ0) is 28.6. The van der Waals surface area contributed by atoms with Crippen molar-refractivity contribution in [3.05, 3.63) is 82.5 Å². The molecule has 0 spiro atoms. The van der Waals surface area contributed by atoms with Crippen LogP contribution in [0.3, 0.4) is 0 Å². The summed E-state index contributed by atoms with van der Waals surface area (Å²) in [6.45, 7) is -0.155. The summed E-state index contributed by atoms with van der Waals surface area (Å²) in [4.78, 5) is 25.4. The molecule has 0 bridgehead atoms. The number of hydrogen-bond donors (Lipinski definition) is 6. The van der Waals surface area contributed by atoms with Crippen molar-refractivity contribution >= 4 is 16.9 Å². The van der Waals surface area contributed by atoms with Crippen molar-refractivity contribution in [1.29, 1.82) is 0 Å². The molecule has 1 fully saturated rings. The Bertz CT molecular complexity index is 1580. The number of phenols is 3. The van der Waals surface area contributed by atoms with Gasteiger partial charge in [0.05, 0.1) is 0 Å². The van der Waals surface area contributed by atoms with Crippen LogP contribution in [0, 0.1) is 0 Å². The standard InChI is InChI=1S/C28H24O12/c29-15-8-6-14(7-9-15)17-10-16(30)20-18(38-17)11-19(21(31)22(20)32)39-28-25(35)23(33)24(34)26(40-28)27(36)37-12-13-4-2-1-3-5-13/h1-11,23-26,28-29,31-35H,12H2/t23-,24-,25+,26-,28+/m0/s1. The summed E-state index contributed by atoms with van der Waals surface area (Å²) in [5.74, 6) is -3.31. The van der Waals surface area contributed by atoms with Crippen LogP contribution in [-0.4, -0.2) is 67.3 Å². The third kappa shape index (κ3) is 5.16. The molecular formula is C28H24O12. The minimum atomic E-state index is -1.91. The Kier molecular flexibility index (Phi) is 7.32. The van der Waals surface area contributed by atoms with Gasteiger partial charge in [-0.1, -0.05) is 30.3 Å². The van der Waals surface area contributed by atoms with E-state index in [1.807, 2.05) is 0 Å². The average Bonchev–Trinajstić information content (AvgIpc) is 2.95. The molecule has 0 amide bonds. The molecule has 6 N–H and O–H groups in total. The topological polar surface area (TPSA) is 196 Å². The van der Waals surface area contributed by atoms with Gasteiger partial charge in [-0.3, -0.25) is 4.79 Å². The molecule has 0 radical (unpaired) electrons. The predicted octanol–water partition coefficient (Wildman–Crippen LogP) is 1.51. The lowest BCUT2D eigenvalue weighted by Gasteiger charge is -2.39. The molecular weight excluding hydrogens is 528 g/mol. The minimum Gasteiger partial charge on any atom is -0.508 e. The zero-order valence-corrected chi connectivity index (χ0v) is 20.6. The van der Waals surface area contributed by atoms with Crippen molar-refractivity contribution in [2.45, 2.75) is 37.3 Å². The first-order valence-corrected chi connectivity index (χ1v) is 12.0. The number of phenolic OH excluding ortho intramolecular Hbond substituents is 3. The Hall–Kier alpha value is -4.62. The second-order valence-corrected chi connectivity index (χ2v) is 9.07. The number of esters is 1. The Morgan fingerprint density at radius 1 is 0.850 bits per heavy atom. The van der Waals surface area contributed by atoms with Crippen molar-refractivity contribution in [2.24, 2.45) is 0 Å². The number of rotatable bonds is 6. The van der Waals surface area contributed by atoms with Gasteiger partial charge in [0, 0.05) is 17.7 Å². The molecule has 0 aliphatic carbocycles. The number of aliphatic hydroxyl groups is 3. The molecule has 5 atom stereocenters. The Morgan fingerprint density at radius 3 is 2.25 bits per heavy atom. The predicted molar refractivity (Wildman–Crippen MR) is 136 cm³/mol. The summed E-state index contributed by atoms with van der Waals surface area (Å²) >= 11 is 0. The Balaban J connectivity index is 1.43. The lowest BCUT2D eigenvalue weighted by molar-refractivity contribution is -0.273. The van der Waals surface area contributed by atoms with Crippen LogP contribution >= 0.6 is 0 Å². The number of carbonyl (C=O) groups excluding carboxylic acids is 1. The summed E-state index contributed by atoms with van der Waals surface area (Å²) in [6.07, 6.45) is -9.30. The maximum absolute atomic E-state index is 12.7. The maximum atomic E-state index is 12.7. The van der Waals surface area contributed by atoms with Gasteiger partial charge in [0.25, 0.3) is 0 Å². The first-order chi connectivity index (χ1) is 19.1. The van der Waals surface area contributed by atoms with E-state index in [4.69, 9.17) is 18.6 Å². The maximum Gasteiger partial charge on any atom is 0.338 e. The SMILES string of the molecule is O=C(OCc1ccccc1)[C@H]1O[C@@H](Oc2cc3oc(-c4ccc(O)cc4)cc(=O)c3c(O)c2O)[C@H](O)[C@@H](O)[C@@H]1O. The zero-order valence-electron chi connectivity index (χ0n) is 20.6. The van der Waals surface area contributed by atoms with E-state index in [-0.39, 0.29) is 29.1 Å². The van der Waals surface area contributed by atoms with Crippen molar-refractivity contribution in [1.82, 2.24) is 0 Å². The molecule has 5 rings (SSSR count). The van der Waals surface area contributed by atoms with Crippen LogP contribution in [0.4, 0.5) is 0 Å². The molecule has 0 unspecified atom stereocenters. The summed E-state index contributed by atoms with van der Waals surface area (Å²) < 4.78 is 21.8. The van der Waals surface area contributed by atoms with E-state index in [1.54, 1.807) is 30.3 Å². The minimum absolute atomic E-state index is 0.00858. The molecule has 40 heavy (non-hydrogen) atoms. The highest BCUT2D eigenvalue weighted by Crippen LogP contribution is 2.42. The second kappa shape index (κ2) is 10.9. The average molecular weight is 552 g/mol. The first kappa shape index (κ1) is 27.0. The Morgan fingerprint density at radius 2 is 1.55 bits per heavy atom. The number of hydrogen-bond acceptors (Lipinski definition) is 12. The number of fused-ring (bicyclic) bond motifs is 1. The third-order valence-electron chi connectivity index (χ3n) is 6.35. The van der Waals surface area contributed by atoms with Gasteiger partial charge in [-0.15, -0.1) is 0 Å². The highest BCUT2D eigenvalue weighted by atomic mass is 16.7. The molecule has 1 saturated heterocycles. The lowest BCUT2D eigenvalue weighted by atomic mass is 9.99. The number of benzene rings is 3. The third-order valence-corrected chi connectivity index (χ3v) is 6.35. The van der Waals surface area contributed by atoms with E-state index in [1.165, 1.54) is 24.3 Å². The fraction of sp³-hybridized carbons (Fsp3) is 0.214. The summed E-state index contributed by atoms with van der Waals surface area (Å²) in [7, 11) is 0. The van der Waals surface area contributed by atoms with Gasteiger partial charge in [-0.2, -0.15) is 0 Å². The number of aliphatic hydroxyl groups excluding tert-OH is 3. The van der Waals surface area contributed by atoms with Crippen molar-refractivity contribution in [2.75, 3.05) is 0 Å². The van der Waals surface area contributed by atoms with Crippen LogP contribution in [0.2, 0.25) is 0 Å². The van der Waals surface area contributed by atoms with Crippen LogP contribution in [0.5, 0.6) is 23.0 Å². The van der Waals surface area contributed by atoms with E-state index >= 15 is 0 Å². The fourth-order valence-corrected chi connectivity index (χ4v) is 4.20. The van der Waals surface area contributed by atoms with Gasteiger partial charge in [-0.05, 0) is 29.8 Å². The largest absolute Gasteiger partial charge is 0.508 e. The van der Waals surface area contributed by atoms with Crippen molar-refractivity contribution < 1.29 is 54.1 Å². The van der Waals surface area contributed by atoms with E-state index < -0.39 is 59.4 Å². The molecule has 208 valence electrons. The van der Waals surface area contributed by atoms with Crippen molar-refractivity contribution in [3.8, 4) is 34.3 Å². The lowest BCUT2D eigenvalue weighted by Crippen LogP contribution is -2.61. The molecule has 12 nitrogen and oxygen atoms in total. The summed E-state index contributed by atoms with van der Waals surface area (Å²) in [5.41, 5.74) is 0.161. The van der Waals surface area contributed by atoms with E-state index in [9.17, 15) is 40.2 Å². The van der Waals surface area contributed by atoms with Gasteiger partial charge in [0.15, 0.2) is 23.0 Å². The number of aromatic hydroxyl groups is 3. The van der Waals surface area contributed by atoms with E-state index in [0.717, 1.165) is 12.1 Å². The van der Waals surface area contributed by atoms with E-state index in [2.05, 4.69) is 0 Å². The van der Waals surface area contributed by atoms with Gasteiger partial charge >= 0.3 is 5.97 Å². The normalized spacial score (nSPS) is 22.6. The van der Waals surface area contributed by atoms with Gasteiger partial charge in [-0.25, -0.2) is 4.79 Å². The fourth-order valence-electron chi connectivity index (χ4n) is 4.20. The molecule has 4 aromatic rings. The van der Waals surface area contributed by atoms with E-state index in [0.29, 0.717) is 11.1 Å². The van der Waals surface area contributed by atoms with Crippen LogP contribution in [-0.2, 0) is 20.9 Å². The molecule has 12 heteroatoms. The molecule has 1 aliphatic rings. The number of carbonyl (C=O) groups is 1. The summed E-state index contributed by atoms with van der Waals surface area (Å²) in [5, 5.41) is 61.4. The van der Waals surface area contributed by atoms with Crippen LogP contribution in [0.1, 0.15) is 5.56 Å². The molecule has 3 aromatic carbocycles. The van der Waals surface area contributed by atoms with Gasteiger partial charge in [0.2, 0.25) is 12.0 Å². The smallest absolute Gasteiger partial charge is 0.338 e. The van der Waals surface area contributed by atoms with Crippen molar-refractivity contribution in [3.63, 3.8) is 0 Å². The first-order valence-electron chi connectivity index (χ1n) is 12.0. The molecule has 2 heterocycles. The molecule has 1 aliphatic heterocycles. The van der Waals surface area contributed by atoms with Crippen LogP contribution in [0.15, 0.2) is 75.9 Å². The second-order valence-electron chi connectivity index (χ2n) is 9.07. The Labute approximate surface area is 225 Å². The molecule has 0 saturated carbocycles. The summed E-state index contributed by atoms with van der Waals surface area (Å²) in [6, 6.07) is 16.5. The highest BCUT2D eigenvalue weighted by molar-refractivity contribution is 5.89. The van der Waals surface area contributed by atoms with Gasteiger partial charge < -0.3 is 49.3 Å². The molecule has 1 aromatic heterocycles. The van der Waals surface area contributed by atoms with Gasteiger partial charge in [0.1, 0.15) is 47.4 Å². The monoisotopic (exact) mass is 552 g/mol. The van der Waals surface area contributed by atoms with Crippen LogP contribution < -0.4 is 10.2 Å². The van der Waals surface area contributed by atoms with Crippen LogP contribution in [0.25, 0.3) is 22.3 Å². The number of ether oxygens (including phenoxy) is 3.